The fourth-order valence-electron chi connectivity index (χ4n) is 4.70. The van der Waals surface area contributed by atoms with Crippen LogP contribution < -0.4 is 20.7 Å². The van der Waals surface area contributed by atoms with E-state index in [9.17, 15) is 35.9 Å². The van der Waals surface area contributed by atoms with E-state index in [0.717, 1.165) is 12.4 Å². The summed E-state index contributed by atoms with van der Waals surface area (Å²) in [5.41, 5.74) is -4.29. The van der Waals surface area contributed by atoms with Crippen molar-refractivity contribution >= 4 is 23.2 Å². The van der Waals surface area contributed by atoms with Gasteiger partial charge in [0, 0.05) is 45.3 Å². The Morgan fingerprint density at radius 1 is 1.15 bits per heavy atom. The van der Waals surface area contributed by atoms with E-state index < -0.39 is 40.9 Å². The van der Waals surface area contributed by atoms with E-state index in [0.29, 0.717) is 38.4 Å². The van der Waals surface area contributed by atoms with Crippen LogP contribution in [0.2, 0.25) is 0 Å². The van der Waals surface area contributed by atoms with Gasteiger partial charge in [0.2, 0.25) is 5.91 Å². The second-order valence-electron chi connectivity index (χ2n) is 9.65. The van der Waals surface area contributed by atoms with E-state index in [2.05, 4.69) is 20.4 Å². The predicted octanol–water partition coefficient (Wildman–Crippen LogP) is 2.36. The number of carbonyl (C=O) groups is 1. The first kappa shape index (κ1) is 29.4. The zero-order chi connectivity index (χ0) is 29.2. The molecule has 1 fully saturated rings. The van der Waals surface area contributed by atoms with Crippen molar-refractivity contribution in [2.75, 3.05) is 61.6 Å². The highest BCUT2D eigenvalue weighted by Crippen LogP contribution is 2.36. The number of halogens is 6. The molecule has 0 aliphatic carbocycles. The summed E-state index contributed by atoms with van der Waals surface area (Å²) in [7, 11) is 1.65. The number of aromatic nitrogens is 4. The fraction of sp³-hybridized carbons (Fsp3) is 0.609. The van der Waals surface area contributed by atoms with Crippen LogP contribution in [0.3, 0.4) is 0 Å². The Morgan fingerprint density at radius 3 is 2.60 bits per heavy atom. The molecule has 11 nitrogen and oxygen atoms in total. The van der Waals surface area contributed by atoms with Gasteiger partial charge in [-0.25, -0.2) is 15.1 Å². The summed E-state index contributed by atoms with van der Waals surface area (Å²) in [6, 6.07) is -0.784. The molecule has 2 atom stereocenters. The Labute approximate surface area is 224 Å². The topological polar surface area (TPSA) is 120 Å². The molecule has 0 unspecified atom stereocenters. The summed E-state index contributed by atoms with van der Waals surface area (Å²) >= 11 is 0. The number of amides is 1. The third-order valence-electron chi connectivity index (χ3n) is 6.66. The lowest BCUT2D eigenvalue weighted by Crippen LogP contribution is -2.55. The van der Waals surface area contributed by atoms with Gasteiger partial charge in [0.1, 0.15) is 5.56 Å². The van der Waals surface area contributed by atoms with Crippen molar-refractivity contribution in [2.24, 2.45) is 0 Å². The molecule has 40 heavy (non-hydrogen) atoms. The second-order valence-corrected chi connectivity index (χ2v) is 9.65. The van der Waals surface area contributed by atoms with Crippen molar-refractivity contribution in [1.82, 2.24) is 25.1 Å². The highest BCUT2D eigenvalue weighted by molar-refractivity contribution is 5.77. The van der Waals surface area contributed by atoms with E-state index in [4.69, 9.17) is 4.74 Å². The van der Waals surface area contributed by atoms with Crippen LogP contribution in [0.15, 0.2) is 17.2 Å². The number of H-pyrrole nitrogens is 1. The Hall–Kier alpha value is -3.63. The number of anilines is 3. The molecule has 0 saturated carbocycles. The molecule has 4 heterocycles. The number of hydrogen-bond acceptors (Lipinski definition) is 9. The van der Waals surface area contributed by atoms with Gasteiger partial charge in [-0.2, -0.15) is 31.4 Å². The maximum atomic E-state index is 13.2. The van der Waals surface area contributed by atoms with Gasteiger partial charge in [-0.3, -0.25) is 9.59 Å². The first-order valence-electron chi connectivity index (χ1n) is 12.4. The smallest absolute Gasteiger partial charge is 0.379 e. The minimum absolute atomic E-state index is 0.0206. The van der Waals surface area contributed by atoms with Gasteiger partial charge in [-0.1, -0.05) is 0 Å². The molecule has 17 heteroatoms. The van der Waals surface area contributed by atoms with Crippen molar-refractivity contribution < 1.29 is 35.9 Å². The molecule has 2 aliphatic heterocycles. The monoisotopic (exact) mass is 578 g/mol. The molecule has 2 aromatic heterocycles. The number of rotatable bonds is 7. The molecule has 2 N–H and O–H groups in total. The predicted molar refractivity (Wildman–Crippen MR) is 131 cm³/mol. The first-order valence-corrected chi connectivity index (χ1v) is 12.4. The van der Waals surface area contributed by atoms with Gasteiger partial charge in [-0.05, 0) is 13.3 Å². The Kier molecular flexibility index (Phi) is 8.41. The summed E-state index contributed by atoms with van der Waals surface area (Å²) in [6.07, 6.45) is -7.28. The highest BCUT2D eigenvalue weighted by Gasteiger charge is 2.39. The minimum Gasteiger partial charge on any atom is -0.379 e. The lowest BCUT2D eigenvalue weighted by atomic mass is 10.1. The van der Waals surface area contributed by atoms with Gasteiger partial charge in [0.05, 0.1) is 37.7 Å². The van der Waals surface area contributed by atoms with Gasteiger partial charge in [0.25, 0.3) is 5.56 Å². The average molecular weight is 579 g/mol. The standard InChI is InChI=1S/C23H28F6N8O3/c1-13(32-15-9-31-34-21(39)18(15)23(27,28)29)12-40-8-4-17(38)36-6-7-37-14(11-36)3-5-35(2)20-19(37)30-10-16(33-20)22(24,25)26/h9-10,13-14H,3-8,11-12H2,1-2H3,(H2,32,34,39)/t13-,14-/m0/s1. The molecule has 1 saturated heterocycles. The summed E-state index contributed by atoms with van der Waals surface area (Å²) in [5.74, 6) is 0.306. The van der Waals surface area contributed by atoms with Gasteiger partial charge < -0.3 is 24.8 Å². The van der Waals surface area contributed by atoms with Crippen LogP contribution in [-0.4, -0.2) is 89.5 Å². The molecule has 2 aromatic rings. The molecule has 0 spiro atoms. The molecular weight excluding hydrogens is 550 g/mol. The third kappa shape index (κ3) is 6.56. The number of carbonyl (C=O) groups excluding carboxylic acids is 1. The summed E-state index contributed by atoms with van der Waals surface area (Å²) < 4.78 is 84.5. The Bertz CT molecular complexity index is 1270. The highest BCUT2D eigenvalue weighted by atomic mass is 19.4. The SMILES string of the molecule is C[C@@H](COCCC(=O)N1CCN2c3ncc(C(F)(F)F)nc3N(C)CC[C@H]2C1)Nc1cn[nH]c(=O)c1C(F)(F)F. The maximum Gasteiger partial charge on any atom is 0.434 e. The maximum absolute atomic E-state index is 13.2. The lowest BCUT2D eigenvalue weighted by Gasteiger charge is -2.41. The molecule has 0 aromatic carbocycles. The number of nitrogens with one attached hydrogen (secondary N) is 2. The van der Waals surface area contributed by atoms with E-state index >= 15 is 0 Å². The molecular formula is C23H28F6N8O3. The quantitative estimate of drug-likeness (QED) is 0.377. The first-order chi connectivity index (χ1) is 18.8. The van der Waals surface area contributed by atoms with Crippen LogP contribution in [0.5, 0.6) is 0 Å². The van der Waals surface area contributed by atoms with Crippen LogP contribution in [0, 0.1) is 0 Å². The normalized spacial score (nSPS) is 18.6. The minimum atomic E-state index is -4.87. The van der Waals surface area contributed by atoms with Gasteiger partial charge in [0.15, 0.2) is 17.3 Å². The van der Waals surface area contributed by atoms with E-state index in [1.165, 1.54) is 0 Å². The summed E-state index contributed by atoms with van der Waals surface area (Å²) in [6.45, 7) is 3.02. The summed E-state index contributed by atoms with van der Waals surface area (Å²) in [4.78, 5) is 37.5. The van der Waals surface area contributed by atoms with E-state index in [-0.39, 0.29) is 37.4 Å². The fourth-order valence-corrected chi connectivity index (χ4v) is 4.70. The van der Waals surface area contributed by atoms with E-state index in [1.54, 1.807) is 28.9 Å². The van der Waals surface area contributed by atoms with Crippen molar-refractivity contribution in [3.05, 3.63) is 34.0 Å². The molecule has 0 bridgehead atoms. The number of hydrogen-bond donors (Lipinski definition) is 2. The van der Waals surface area contributed by atoms with Crippen molar-refractivity contribution in [1.29, 1.82) is 0 Å². The Morgan fingerprint density at radius 2 is 1.90 bits per heavy atom. The largest absolute Gasteiger partial charge is 0.434 e. The van der Waals surface area contributed by atoms with Crippen LogP contribution in [0.4, 0.5) is 43.7 Å². The molecule has 2 aliphatic rings. The van der Waals surface area contributed by atoms with Crippen LogP contribution >= 0.6 is 0 Å². The zero-order valence-electron chi connectivity index (χ0n) is 21.6. The van der Waals surface area contributed by atoms with Gasteiger partial charge in [-0.15, -0.1) is 0 Å². The van der Waals surface area contributed by atoms with Crippen LogP contribution in [0.25, 0.3) is 0 Å². The average Bonchev–Trinajstić information content (AvgIpc) is 3.01. The third-order valence-corrected chi connectivity index (χ3v) is 6.66. The second kappa shape index (κ2) is 11.5. The number of ether oxygens (including phenoxy) is 1. The van der Waals surface area contributed by atoms with E-state index in [1.807, 2.05) is 4.90 Å². The van der Waals surface area contributed by atoms with Crippen molar-refractivity contribution in [3.63, 3.8) is 0 Å². The van der Waals surface area contributed by atoms with Crippen molar-refractivity contribution in [2.45, 2.75) is 44.2 Å². The molecule has 0 radical (unpaired) electrons. The number of fused-ring (bicyclic) bond motifs is 3. The number of aromatic amines is 1. The van der Waals surface area contributed by atoms with Gasteiger partial charge >= 0.3 is 12.4 Å². The summed E-state index contributed by atoms with van der Waals surface area (Å²) in [5, 5.41) is 7.72. The number of piperazine rings is 1. The van der Waals surface area contributed by atoms with Crippen molar-refractivity contribution in [3.8, 4) is 0 Å². The van der Waals surface area contributed by atoms with Crippen LogP contribution in [0.1, 0.15) is 31.0 Å². The van der Waals surface area contributed by atoms with Crippen LogP contribution in [-0.2, 0) is 21.9 Å². The molecule has 4 rings (SSSR count). The molecule has 220 valence electrons. The molecule has 1 amide bonds. The number of alkyl halides is 6. The zero-order valence-corrected chi connectivity index (χ0v) is 21.6. The lowest BCUT2D eigenvalue weighted by molar-refractivity contribution is -0.141. The Balaban J connectivity index is 1.28. The number of nitrogens with zero attached hydrogens (tertiary/aromatic N) is 6.